The lowest BCUT2D eigenvalue weighted by molar-refractivity contribution is 0.0376. The molecule has 0 fully saturated rings. The first kappa shape index (κ1) is 13.3. The number of hydrogen-bond donors (Lipinski definition) is 1. The minimum atomic E-state index is -0.498. The molecule has 0 aliphatic rings. The zero-order valence-corrected chi connectivity index (χ0v) is 10.4. The van der Waals surface area contributed by atoms with Crippen LogP contribution in [0.4, 0.5) is 0 Å². The molecule has 13 heavy (non-hydrogen) atoms. The van der Waals surface area contributed by atoms with Gasteiger partial charge in [-0.2, -0.15) is 11.8 Å². The first-order chi connectivity index (χ1) is 5.86. The minimum Gasteiger partial charge on any atom is -0.389 e. The fraction of sp³-hybridized carbons (Fsp3) is 1.00. The maximum absolute atomic E-state index is 9.94. The largest absolute Gasteiger partial charge is 0.389 e. The minimum absolute atomic E-state index is 0.346. The van der Waals surface area contributed by atoms with Crippen molar-refractivity contribution in [3.63, 3.8) is 0 Å². The molecule has 0 aliphatic heterocycles. The summed E-state index contributed by atoms with van der Waals surface area (Å²) in [6.45, 7) is 10.5. The number of aliphatic hydroxyl groups is 1. The van der Waals surface area contributed by atoms with Crippen molar-refractivity contribution in [1.82, 2.24) is 0 Å². The maximum atomic E-state index is 9.94. The van der Waals surface area contributed by atoms with E-state index in [0.29, 0.717) is 5.92 Å². The second-order valence-corrected chi connectivity index (χ2v) is 5.85. The molecule has 0 rings (SSSR count). The van der Waals surface area contributed by atoms with Gasteiger partial charge in [0.15, 0.2) is 0 Å². The van der Waals surface area contributed by atoms with Gasteiger partial charge in [-0.3, -0.25) is 0 Å². The molecule has 2 heteroatoms. The Morgan fingerprint density at radius 2 is 1.77 bits per heavy atom. The molecule has 0 aromatic rings. The van der Waals surface area contributed by atoms with E-state index in [2.05, 4.69) is 27.7 Å². The Bertz CT molecular complexity index is 130. The maximum Gasteiger partial charge on any atom is 0.0732 e. The quantitative estimate of drug-likeness (QED) is 0.671. The van der Waals surface area contributed by atoms with Crippen molar-refractivity contribution in [1.29, 1.82) is 0 Å². The molecule has 0 aliphatic carbocycles. The molecule has 0 radical (unpaired) electrons. The van der Waals surface area contributed by atoms with Crippen LogP contribution in [0.1, 0.15) is 41.0 Å². The van der Waals surface area contributed by atoms with E-state index in [9.17, 15) is 5.11 Å². The highest BCUT2D eigenvalue weighted by molar-refractivity contribution is 7.99. The van der Waals surface area contributed by atoms with Crippen LogP contribution < -0.4 is 0 Å². The molecule has 0 aromatic carbocycles. The summed E-state index contributed by atoms with van der Waals surface area (Å²) in [5.41, 5.74) is -0.498. The van der Waals surface area contributed by atoms with Crippen molar-refractivity contribution >= 4 is 11.8 Å². The van der Waals surface area contributed by atoms with E-state index < -0.39 is 5.60 Å². The van der Waals surface area contributed by atoms with E-state index in [1.807, 2.05) is 18.7 Å². The molecule has 1 atom stereocenters. The van der Waals surface area contributed by atoms with Crippen LogP contribution in [-0.2, 0) is 0 Å². The van der Waals surface area contributed by atoms with Crippen LogP contribution in [0.2, 0.25) is 0 Å². The van der Waals surface area contributed by atoms with E-state index in [0.717, 1.165) is 11.7 Å². The van der Waals surface area contributed by atoms with E-state index in [-0.39, 0.29) is 0 Å². The molecule has 0 amide bonds. The lowest BCUT2D eigenvalue weighted by Crippen LogP contribution is -2.33. The summed E-state index contributed by atoms with van der Waals surface area (Å²) in [5, 5.41) is 9.94. The van der Waals surface area contributed by atoms with E-state index in [1.165, 1.54) is 12.2 Å². The van der Waals surface area contributed by atoms with Gasteiger partial charge in [0.2, 0.25) is 0 Å². The third-order valence-corrected chi connectivity index (χ3v) is 3.79. The highest BCUT2D eigenvalue weighted by atomic mass is 32.2. The molecule has 1 unspecified atom stereocenters. The van der Waals surface area contributed by atoms with Gasteiger partial charge in [0.1, 0.15) is 0 Å². The first-order valence-electron chi connectivity index (χ1n) is 5.16. The van der Waals surface area contributed by atoms with E-state index in [1.54, 1.807) is 0 Å². The van der Waals surface area contributed by atoms with Gasteiger partial charge in [0, 0.05) is 5.75 Å². The fourth-order valence-corrected chi connectivity index (χ4v) is 2.29. The number of rotatable bonds is 6. The monoisotopic (exact) mass is 204 g/mol. The normalized spacial score (nSPS) is 16.6. The summed E-state index contributed by atoms with van der Waals surface area (Å²) in [5.74, 6) is 3.15. The van der Waals surface area contributed by atoms with Crippen LogP contribution in [0.3, 0.4) is 0 Å². The van der Waals surface area contributed by atoms with E-state index in [4.69, 9.17) is 0 Å². The highest BCUT2D eigenvalue weighted by Gasteiger charge is 2.24. The van der Waals surface area contributed by atoms with Gasteiger partial charge in [-0.15, -0.1) is 0 Å². The van der Waals surface area contributed by atoms with Gasteiger partial charge in [0.05, 0.1) is 5.60 Å². The topological polar surface area (TPSA) is 20.2 Å². The summed E-state index contributed by atoms with van der Waals surface area (Å²) in [4.78, 5) is 0. The molecule has 80 valence electrons. The first-order valence-corrected chi connectivity index (χ1v) is 6.32. The predicted molar refractivity (Wildman–Crippen MR) is 62.2 cm³/mol. The fourth-order valence-electron chi connectivity index (χ4n) is 0.765. The van der Waals surface area contributed by atoms with Crippen molar-refractivity contribution in [3.8, 4) is 0 Å². The van der Waals surface area contributed by atoms with Crippen molar-refractivity contribution in [3.05, 3.63) is 0 Å². The SMILES string of the molecule is CC(C)CCSCC(C)(O)C(C)C. The standard InChI is InChI=1S/C11H24OS/c1-9(2)6-7-13-8-11(5,12)10(3)4/h9-10,12H,6-8H2,1-5H3. The van der Waals surface area contributed by atoms with Crippen LogP contribution in [-0.4, -0.2) is 22.2 Å². The lowest BCUT2D eigenvalue weighted by Gasteiger charge is -2.27. The Balaban J connectivity index is 3.52. The Kier molecular flexibility index (Phi) is 6.06. The van der Waals surface area contributed by atoms with Crippen LogP contribution >= 0.6 is 11.8 Å². The average molecular weight is 204 g/mol. The van der Waals surface area contributed by atoms with Crippen LogP contribution in [0.15, 0.2) is 0 Å². The molecule has 0 bridgehead atoms. The number of hydrogen-bond acceptors (Lipinski definition) is 2. The molecule has 0 saturated carbocycles. The Morgan fingerprint density at radius 1 is 1.23 bits per heavy atom. The molecule has 0 aromatic heterocycles. The second-order valence-electron chi connectivity index (χ2n) is 4.75. The molecule has 1 nitrogen and oxygen atoms in total. The Hall–Kier alpha value is 0.310. The number of thioether (sulfide) groups is 1. The van der Waals surface area contributed by atoms with Crippen LogP contribution in [0.5, 0.6) is 0 Å². The van der Waals surface area contributed by atoms with E-state index >= 15 is 0 Å². The lowest BCUT2D eigenvalue weighted by atomic mass is 9.95. The third kappa shape index (κ3) is 6.39. The van der Waals surface area contributed by atoms with Gasteiger partial charge in [0.25, 0.3) is 0 Å². The Morgan fingerprint density at radius 3 is 2.15 bits per heavy atom. The van der Waals surface area contributed by atoms with Gasteiger partial charge in [-0.1, -0.05) is 27.7 Å². The van der Waals surface area contributed by atoms with Crippen LogP contribution in [0.25, 0.3) is 0 Å². The second kappa shape index (κ2) is 5.92. The summed E-state index contributed by atoms with van der Waals surface area (Å²) >= 11 is 1.87. The van der Waals surface area contributed by atoms with Crippen molar-refractivity contribution < 1.29 is 5.11 Å². The molecule has 1 N–H and O–H groups in total. The molecule has 0 spiro atoms. The predicted octanol–water partition coefficient (Wildman–Crippen LogP) is 3.17. The molecular weight excluding hydrogens is 180 g/mol. The molecule has 0 heterocycles. The third-order valence-electron chi connectivity index (χ3n) is 2.48. The van der Waals surface area contributed by atoms with Crippen LogP contribution in [0, 0.1) is 11.8 Å². The zero-order chi connectivity index (χ0) is 10.5. The smallest absolute Gasteiger partial charge is 0.0732 e. The summed E-state index contributed by atoms with van der Waals surface area (Å²) < 4.78 is 0. The summed E-state index contributed by atoms with van der Waals surface area (Å²) in [6, 6.07) is 0. The van der Waals surface area contributed by atoms with Crippen molar-refractivity contribution in [2.24, 2.45) is 11.8 Å². The van der Waals surface area contributed by atoms with Gasteiger partial charge in [-0.05, 0) is 30.9 Å². The van der Waals surface area contributed by atoms with Gasteiger partial charge < -0.3 is 5.11 Å². The zero-order valence-electron chi connectivity index (χ0n) is 9.63. The summed E-state index contributed by atoms with van der Waals surface area (Å²) in [7, 11) is 0. The Labute approximate surface area is 87.3 Å². The van der Waals surface area contributed by atoms with Gasteiger partial charge in [-0.25, -0.2) is 0 Å². The van der Waals surface area contributed by atoms with Gasteiger partial charge >= 0.3 is 0 Å². The van der Waals surface area contributed by atoms with Crippen molar-refractivity contribution in [2.45, 2.75) is 46.6 Å². The highest BCUT2D eigenvalue weighted by Crippen LogP contribution is 2.22. The molecule has 0 saturated heterocycles. The summed E-state index contributed by atoms with van der Waals surface area (Å²) in [6.07, 6.45) is 1.25. The van der Waals surface area contributed by atoms with Crippen molar-refractivity contribution in [2.75, 3.05) is 11.5 Å². The average Bonchev–Trinajstić information content (AvgIpc) is 1.97. The molecular formula is C11H24OS.